The highest BCUT2D eigenvalue weighted by Gasteiger charge is 2.45. The Morgan fingerprint density at radius 3 is 2.79 bits per heavy atom. The molecule has 19 heavy (non-hydrogen) atoms. The lowest BCUT2D eigenvalue weighted by atomic mass is 10.0. The van der Waals surface area contributed by atoms with Crippen molar-refractivity contribution in [1.29, 1.82) is 0 Å². The Morgan fingerprint density at radius 2 is 2.05 bits per heavy atom. The van der Waals surface area contributed by atoms with Crippen molar-refractivity contribution in [2.75, 3.05) is 13.2 Å². The van der Waals surface area contributed by atoms with E-state index in [4.69, 9.17) is 4.84 Å². The van der Waals surface area contributed by atoms with Crippen LogP contribution in [0, 0.1) is 0 Å². The van der Waals surface area contributed by atoms with Gasteiger partial charge in [0.05, 0.1) is 18.7 Å². The molecule has 2 aliphatic heterocycles. The number of carbonyl (C=O) groups excluding carboxylic acids is 1. The van der Waals surface area contributed by atoms with Crippen LogP contribution >= 0.6 is 0 Å². The minimum Gasteiger partial charge on any atom is -0.394 e. The summed E-state index contributed by atoms with van der Waals surface area (Å²) in [5.74, 6) is 0. The Balaban J connectivity index is 1.64. The molecule has 2 fully saturated rings. The van der Waals surface area contributed by atoms with Gasteiger partial charge < -0.3 is 10.0 Å². The van der Waals surface area contributed by atoms with Gasteiger partial charge in [-0.05, 0) is 18.4 Å². The zero-order valence-corrected chi connectivity index (χ0v) is 10.7. The average molecular weight is 262 g/mol. The number of aliphatic hydroxyl groups excluding tert-OH is 1. The van der Waals surface area contributed by atoms with Crippen molar-refractivity contribution in [2.45, 2.75) is 31.5 Å². The van der Waals surface area contributed by atoms with Crippen molar-refractivity contribution in [1.82, 2.24) is 9.96 Å². The molecule has 2 saturated heterocycles. The summed E-state index contributed by atoms with van der Waals surface area (Å²) < 4.78 is 0. The molecule has 0 radical (unpaired) electrons. The van der Waals surface area contributed by atoms with E-state index in [0.717, 1.165) is 18.4 Å². The summed E-state index contributed by atoms with van der Waals surface area (Å²) in [6.45, 7) is 1.10. The Kier molecular flexibility index (Phi) is 3.40. The monoisotopic (exact) mass is 262 g/mol. The number of fused-ring (bicyclic) bond motifs is 2. The van der Waals surface area contributed by atoms with Gasteiger partial charge in [0.25, 0.3) is 0 Å². The molecule has 102 valence electrons. The van der Waals surface area contributed by atoms with Gasteiger partial charge in [-0.1, -0.05) is 30.3 Å². The molecule has 2 heterocycles. The highest BCUT2D eigenvalue weighted by molar-refractivity contribution is 5.76. The molecule has 3 rings (SSSR count). The number of aliphatic hydroxyl groups is 1. The van der Waals surface area contributed by atoms with E-state index in [9.17, 15) is 9.90 Å². The maximum atomic E-state index is 12.2. The molecule has 5 nitrogen and oxygen atoms in total. The van der Waals surface area contributed by atoms with E-state index in [1.165, 1.54) is 5.06 Å². The molecule has 2 bridgehead atoms. The van der Waals surface area contributed by atoms with E-state index >= 15 is 0 Å². The highest BCUT2D eigenvalue weighted by Crippen LogP contribution is 2.30. The van der Waals surface area contributed by atoms with Crippen LogP contribution in [-0.2, 0) is 11.4 Å². The van der Waals surface area contributed by atoms with Crippen LogP contribution in [0.4, 0.5) is 4.79 Å². The number of hydroxylamine groups is 2. The van der Waals surface area contributed by atoms with Gasteiger partial charge in [-0.2, -0.15) is 5.06 Å². The molecule has 2 aliphatic rings. The topological polar surface area (TPSA) is 53.0 Å². The maximum absolute atomic E-state index is 12.2. The van der Waals surface area contributed by atoms with Crippen LogP contribution in [0.25, 0.3) is 0 Å². The predicted octanol–water partition coefficient (Wildman–Crippen LogP) is 1.38. The number of carbonyl (C=O) groups is 1. The van der Waals surface area contributed by atoms with E-state index in [1.807, 2.05) is 30.3 Å². The van der Waals surface area contributed by atoms with Crippen molar-refractivity contribution in [3.8, 4) is 0 Å². The number of piperidine rings is 1. The Bertz CT molecular complexity index is 451. The molecular weight excluding hydrogens is 244 g/mol. The zero-order chi connectivity index (χ0) is 13.2. The first-order chi connectivity index (χ1) is 9.29. The van der Waals surface area contributed by atoms with Crippen molar-refractivity contribution in [3.63, 3.8) is 0 Å². The quantitative estimate of drug-likeness (QED) is 0.892. The van der Waals surface area contributed by atoms with Crippen molar-refractivity contribution < 1.29 is 14.7 Å². The number of nitrogens with zero attached hydrogens (tertiary/aromatic N) is 2. The molecule has 0 saturated carbocycles. The number of urea groups is 1. The molecule has 5 heteroatoms. The number of hydrogen-bond acceptors (Lipinski definition) is 3. The van der Waals surface area contributed by atoms with Gasteiger partial charge in [0.15, 0.2) is 0 Å². The van der Waals surface area contributed by atoms with Crippen LogP contribution in [0.15, 0.2) is 30.3 Å². The highest BCUT2D eigenvalue weighted by atomic mass is 16.7. The second kappa shape index (κ2) is 5.19. The van der Waals surface area contributed by atoms with Crippen LogP contribution in [0.5, 0.6) is 0 Å². The number of rotatable bonds is 4. The Morgan fingerprint density at radius 1 is 1.26 bits per heavy atom. The van der Waals surface area contributed by atoms with E-state index in [1.54, 1.807) is 4.90 Å². The lowest BCUT2D eigenvalue weighted by Crippen LogP contribution is -2.42. The van der Waals surface area contributed by atoms with Crippen LogP contribution < -0.4 is 0 Å². The third-order valence-corrected chi connectivity index (χ3v) is 3.87. The first-order valence-electron chi connectivity index (χ1n) is 6.67. The van der Waals surface area contributed by atoms with Crippen molar-refractivity contribution in [2.24, 2.45) is 0 Å². The fourth-order valence-electron chi connectivity index (χ4n) is 2.79. The third kappa shape index (κ3) is 2.31. The fourth-order valence-corrected chi connectivity index (χ4v) is 2.79. The van der Waals surface area contributed by atoms with Gasteiger partial charge in [-0.25, -0.2) is 4.79 Å². The van der Waals surface area contributed by atoms with E-state index in [0.29, 0.717) is 13.2 Å². The first kappa shape index (κ1) is 12.4. The van der Waals surface area contributed by atoms with E-state index in [2.05, 4.69) is 0 Å². The van der Waals surface area contributed by atoms with Gasteiger partial charge in [-0.15, -0.1) is 0 Å². The molecule has 1 aromatic rings. The smallest absolute Gasteiger partial charge is 0.344 e. The average Bonchev–Trinajstić information content (AvgIpc) is 2.71. The first-order valence-corrected chi connectivity index (χ1v) is 6.67. The van der Waals surface area contributed by atoms with Gasteiger partial charge in [0, 0.05) is 6.54 Å². The second-order valence-corrected chi connectivity index (χ2v) is 5.09. The number of amides is 2. The lowest BCUT2D eigenvalue weighted by molar-refractivity contribution is -0.140. The van der Waals surface area contributed by atoms with Gasteiger partial charge in [-0.3, -0.25) is 4.84 Å². The summed E-state index contributed by atoms with van der Waals surface area (Å²) in [6, 6.07) is 9.77. The summed E-state index contributed by atoms with van der Waals surface area (Å²) in [7, 11) is 0. The predicted molar refractivity (Wildman–Crippen MR) is 69.1 cm³/mol. The molecule has 2 amide bonds. The molecule has 2 unspecified atom stereocenters. The van der Waals surface area contributed by atoms with Crippen LogP contribution in [0.3, 0.4) is 0 Å². The Labute approximate surface area is 112 Å². The third-order valence-electron chi connectivity index (χ3n) is 3.87. The van der Waals surface area contributed by atoms with Crippen LogP contribution in [0.2, 0.25) is 0 Å². The molecule has 0 spiro atoms. The minimum atomic E-state index is -0.113. The molecule has 1 N–H and O–H groups in total. The summed E-state index contributed by atoms with van der Waals surface area (Å²) >= 11 is 0. The molecule has 0 aromatic heterocycles. The molecule has 1 aromatic carbocycles. The van der Waals surface area contributed by atoms with Crippen molar-refractivity contribution in [3.05, 3.63) is 35.9 Å². The standard InChI is InChI=1S/C14H18N2O3/c17-9-13-7-6-12-8-15(13)14(18)16(12)19-10-11-4-2-1-3-5-11/h1-5,12-13,17H,6-10H2. The minimum absolute atomic E-state index is 0.0327. The fraction of sp³-hybridized carbons (Fsp3) is 0.500. The van der Waals surface area contributed by atoms with Crippen LogP contribution in [0.1, 0.15) is 18.4 Å². The molecule has 0 aliphatic carbocycles. The summed E-state index contributed by atoms with van der Waals surface area (Å²) in [5.41, 5.74) is 1.05. The SMILES string of the molecule is O=C1N2CC(CCC2CO)N1OCc1ccccc1. The van der Waals surface area contributed by atoms with E-state index < -0.39 is 0 Å². The van der Waals surface area contributed by atoms with Gasteiger partial charge >= 0.3 is 6.03 Å². The summed E-state index contributed by atoms with van der Waals surface area (Å²) in [5, 5.41) is 10.8. The molecule has 2 atom stereocenters. The maximum Gasteiger partial charge on any atom is 0.344 e. The lowest BCUT2D eigenvalue weighted by Gasteiger charge is -2.28. The van der Waals surface area contributed by atoms with Crippen LogP contribution in [-0.4, -0.2) is 46.3 Å². The Hall–Kier alpha value is -1.59. The number of hydrogen-bond donors (Lipinski definition) is 1. The van der Waals surface area contributed by atoms with Gasteiger partial charge in [0.1, 0.15) is 6.61 Å². The second-order valence-electron chi connectivity index (χ2n) is 5.09. The largest absolute Gasteiger partial charge is 0.394 e. The van der Waals surface area contributed by atoms with E-state index in [-0.39, 0.29) is 24.7 Å². The summed E-state index contributed by atoms with van der Waals surface area (Å²) in [4.78, 5) is 19.6. The molecular formula is C14H18N2O3. The van der Waals surface area contributed by atoms with Gasteiger partial charge in [0.2, 0.25) is 0 Å². The zero-order valence-electron chi connectivity index (χ0n) is 10.7. The van der Waals surface area contributed by atoms with Crippen molar-refractivity contribution >= 4 is 6.03 Å². The summed E-state index contributed by atoms with van der Waals surface area (Å²) in [6.07, 6.45) is 1.74. The number of benzene rings is 1. The normalized spacial score (nSPS) is 26.1.